The number of para-hydroxylation sites is 2. The zero-order valence-corrected chi connectivity index (χ0v) is 29.6. The van der Waals surface area contributed by atoms with Crippen LogP contribution in [0.1, 0.15) is 97.6 Å². The number of hydrogen-bond acceptors (Lipinski definition) is 1. The average molecular weight is 632 g/mol. The highest BCUT2D eigenvalue weighted by molar-refractivity contribution is 6.32. The molecule has 0 bridgehead atoms. The maximum atomic E-state index is 7.27. The van der Waals surface area contributed by atoms with Crippen LogP contribution in [0.5, 0.6) is 0 Å². The molecule has 240 valence electrons. The summed E-state index contributed by atoms with van der Waals surface area (Å²) in [7, 11) is 0. The van der Waals surface area contributed by atoms with E-state index in [0.717, 1.165) is 50.2 Å². The van der Waals surface area contributed by atoms with Crippen molar-refractivity contribution in [1.29, 1.82) is 0 Å². The van der Waals surface area contributed by atoms with Gasteiger partial charge >= 0.3 is 0 Å². The molecule has 1 atom stereocenters. The van der Waals surface area contributed by atoms with E-state index in [-0.39, 0.29) is 16.2 Å². The third kappa shape index (κ3) is 5.83. The molecular weight excluding hydrogens is 580 g/mol. The van der Waals surface area contributed by atoms with Gasteiger partial charge in [0, 0.05) is 46.1 Å². The summed E-state index contributed by atoms with van der Waals surface area (Å²) in [6.45, 7) is 16.1. The summed E-state index contributed by atoms with van der Waals surface area (Å²) < 4.78 is 2.62. The minimum Gasteiger partial charge on any atom is -0.344 e. The highest BCUT2D eigenvalue weighted by Crippen LogP contribution is 2.48. The zero-order chi connectivity index (χ0) is 32.5. The highest BCUT2D eigenvalue weighted by atomic mass is 35.5. The van der Waals surface area contributed by atoms with Gasteiger partial charge in [0.05, 0.1) is 10.8 Å². The van der Waals surface area contributed by atoms with Crippen molar-refractivity contribution in [3.05, 3.63) is 130 Å². The van der Waals surface area contributed by atoms with Gasteiger partial charge in [-0.25, -0.2) is 0 Å². The van der Waals surface area contributed by atoms with E-state index < -0.39 is 0 Å². The van der Waals surface area contributed by atoms with Gasteiger partial charge in [0.15, 0.2) is 12.3 Å². The van der Waals surface area contributed by atoms with E-state index >= 15 is 0 Å². The molecule has 2 aliphatic heterocycles. The molecule has 1 unspecified atom stereocenters. The summed E-state index contributed by atoms with van der Waals surface area (Å²) in [5.41, 5.74) is 10.7. The van der Waals surface area contributed by atoms with Crippen LogP contribution in [0.2, 0.25) is 0 Å². The lowest BCUT2D eigenvalue weighted by Gasteiger charge is -2.29. The Morgan fingerprint density at radius 2 is 1.61 bits per heavy atom. The monoisotopic (exact) mass is 631 g/mol. The van der Waals surface area contributed by atoms with Crippen LogP contribution >= 0.6 is 11.6 Å². The molecule has 2 nitrogen and oxygen atoms in total. The Hall–Kier alpha value is -3.36. The number of rotatable bonds is 9. The fourth-order valence-corrected chi connectivity index (χ4v) is 8.70. The zero-order valence-electron chi connectivity index (χ0n) is 28.9. The Balaban J connectivity index is 1.36. The molecule has 2 aromatic carbocycles. The molecule has 0 aromatic heterocycles. The molecular formula is C43H52ClN2+. The summed E-state index contributed by atoms with van der Waals surface area (Å²) >= 11 is 7.27. The van der Waals surface area contributed by atoms with Crippen LogP contribution in [0.4, 0.5) is 11.4 Å². The van der Waals surface area contributed by atoms with Gasteiger partial charge in [-0.15, -0.1) is 0 Å². The molecule has 0 N–H and O–H groups in total. The van der Waals surface area contributed by atoms with Gasteiger partial charge in [0.25, 0.3) is 0 Å². The molecule has 0 spiro atoms. The number of anilines is 1. The van der Waals surface area contributed by atoms with Crippen molar-refractivity contribution in [2.75, 3.05) is 18.0 Å². The summed E-state index contributed by atoms with van der Waals surface area (Å²) in [4.78, 5) is 2.52. The Labute approximate surface area is 283 Å². The van der Waals surface area contributed by atoms with Crippen LogP contribution in [0, 0.1) is 5.41 Å². The first-order chi connectivity index (χ1) is 22.1. The molecule has 3 heteroatoms. The van der Waals surface area contributed by atoms with Crippen molar-refractivity contribution < 1.29 is 4.58 Å². The van der Waals surface area contributed by atoms with Crippen LogP contribution in [0.3, 0.4) is 0 Å². The molecule has 0 radical (unpaired) electrons. The standard InChI is InChI=1S/C43H52ClN2/c1-7-27-43(28-14-9-15-29-43)31-46-37-22-13-11-20-35(37)42(5,6)39(46)26-24-33-18-16-17-32(40(33)44)23-25-38-41(3,4)34-19-10-12-21-36(34)45(38)30-8-2/h9-15,19-26,28H,7-8,16-18,27,29-31H2,1-6H3/q+1. The van der Waals surface area contributed by atoms with Gasteiger partial charge in [0.2, 0.25) is 5.69 Å². The van der Waals surface area contributed by atoms with Gasteiger partial charge in [-0.3, -0.25) is 0 Å². The van der Waals surface area contributed by atoms with E-state index in [0.29, 0.717) is 0 Å². The first kappa shape index (κ1) is 32.6. The van der Waals surface area contributed by atoms with Gasteiger partial charge < -0.3 is 4.90 Å². The Bertz CT molecular complexity index is 1710. The summed E-state index contributed by atoms with van der Waals surface area (Å²) in [6, 6.07) is 17.9. The van der Waals surface area contributed by atoms with Gasteiger partial charge in [-0.1, -0.05) is 119 Å². The topological polar surface area (TPSA) is 6.25 Å². The van der Waals surface area contributed by atoms with Gasteiger partial charge in [-0.05, 0) is 81.2 Å². The first-order valence-electron chi connectivity index (χ1n) is 17.6. The number of allylic oxidation sites excluding steroid dienone is 11. The molecule has 46 heavy (non-hydrogen) atoms. The number of benzene rings is 2. The minimum atomic E-state index is -0.0920. The van der Waals surface area contributed by atoms with E-state index in [1.165, 1.54) is 57.9 Å². The summed E-state index contributed by atoms with van der Waals surface area (Å²) in [5.74, 6) is 0. The minimum absolute atomic E-state index is 0.0436. The van der Waals surface area contributed by atoms with Crippen molar-refractivity contribution in [3.8, 4) is 0 Å². The van der Waals surface area contributed by atoms with Crippen molar-refractivity contribution >= 4 is 28.7 Å². The maximum absolute atomic E-state index is 7.27. The average Bonchev–Trinajstić information content (AvgIpc) is 3.39. The second-order valence-electron chi connectivity index (χ2n) is 14.8. The molecule has 2 heterocycles. The molecule has 0 amide bonds. The number of fused-ring (bicyclic) bond motifs is 2. The molecule has 0 saturated carbocycles. The van der Waals surface area contributed by atoms with Crippen molar-refractivity contribution in [2.45, 2.75) is 97.3 Å². The molecule has 0 saturated heterocycles. The number of hydrogen-bond donors (Lipinski definition) is 0. The second-order valence-corrected chi connectivity index (χ2v) is 15.2. The lowest BCUT2D eigenvalue weighted by molar-refractivity contribution is -0.454. The summed E-state index contributed by atoms with van der Waals surface area (Å²) in [6.07, 6.45) is 26.4. The van der Waals surface area contributed by atoms with E-state index in [1.54, 1.807) is 0 Å². The van der Waals surface area contributed by atoms with E-state index in [2.05, 4.69) is 148 Å². The second kappa shape index (κ2) is 13.0. The van der Waals surface area contributed by atoms with Crippen LogP contribution in [-0.4, -0.2) is 23.4 Å². The lowest BCUT2D eigenvalue weighted by atomic mass is 9.77. The smallest absolute Gasteiger partial charge is 0.209 e. The third-order valence-corrected chi connectivity index (χ3v) is 11.3. The molecule has 2 aliphatic carbocycles. The van der Waals surface area contributed by atoms with Crippen molar-refractivity contribution in [3.63, 3.8) is 0 Å². The quantitative estimate of drug-likeness (QED) is 0.250. The highest BCUT2D eigenvalue weighted by Gasteiger charge is 2.47. The normalized spacial score (nSPS) is 25.0. The van der Waals surface area contributed by atoms with E-state index in [9.17, 15) is 0 Å². The Morgan fingerprint density at radius 1 is 0.848 bits per heavy atom. The van der Waals surface area contributed by atoms with Crippen LogP contribution in [0.25, 0.3) is 0 Å². The number of halogens is 1. The van der Waals surface area contributed by atoms with Crippen molar-refractivity contribution in [2.24, 2.45) is 5.41 Å². The van der Waals surface area contributed by atoms with Crippen LogP contribution in [-0.2, 0) is 10.8 Å². The fraction of sp³-hybridized carbons (Fsp3) is 0.419. The van der Waals surface area contributed by atoms with E-state index in [1.807, 2.05) is 0 Å². The molecule has 0 fully saturated rings. The predicted octanol–water partition coefficient (Wildman–Crippen LogP) is 11.6. The van der Waals surface area contributed by atoms with Gasteiger partial charge in [0.1, 0.15) is 0 Å². The molecule has 6 rings (SSSR count). The molecule has 2 aromatic rings. The first-order valence-corrected chi connectivity index (χ1v) is 17.9. The van der Waals surface area contributed by atoms with Gasteiger partial charge in [-0.2, -0.15) is 4.58 Å². The Morgan fingerprint density at radius 3 is 2.35 bits per heavy atom. The SMILES string of the molecule is CCCN1C(=CC=C2CCCC(C=CC3=[N+](CC4(CCC)C=CC=CC4)c4ccccc4C3(C)C)=C2Cl)C(C)(C)c2ccccc21. The molecule has 4 aliphatic rings. The predicted molar refractivity (Wildman–Crippen MR) is 199 cm³/mol. The van der Waals surface area contributed by atoms with Crippen LogP contribution in [0.15, 0.2) is 119 Å². The van der Waals surface area contributed by atoms with Crippen molar-refractivity contribution in [1.82, 2.24) is 0 Å². The number of nitrogens with zero attached hydrogens (tertiary/aromatic N) is 2. The largest absolute Gasteiger partial charge is 0.344 e. The summed E-state index contributed by atoms with van der Waals surface area (Å²) in [5, 5.41) is 0.929. The lowest BCUT2D eigenvalue weighted by Crippen LogP contribution is -2.34. The maximum Gasteiger partial charge on any atom is 0.209 e. The van der Waals surface area contributed by atoms with E-state index in [4.69, 9.17) is 11.6 Å². The third-order valence-electron chi connectivity index (χ3n) is 10.8. The Kier molecular flexibility index (Phi) is 9.23. The fourth-order valence-electron chi connectivity index (χ4n) is 8.39. The van der Waals surface area contributed by atoms with Crippen LogP contribution < -0.4 is 4.90 Å².